The normalized spacial score (nSPS) is 13.8. The molecule has 1 aliphatic rings. The SMILES string of the molecule is O=C(O)CN(C(=O)N(CCO)C1CC1)c1cccc(Cl)c1. The highest BCUT2D eigenvalue weighted by Crippen LogP contribution is 2.29. The average molecular weight is 313 g/mol. The van der Waals surface area contributed by atoms with Crippen LogP contribution in [0.4, 0.5) is 10.5 Å². The van der Waals surface area contributed by atoms with E-state index in [1.807, 2.05) is 0 Å². The zero-order valence-electron chi connectivity index (χ0n) is 11.4. The van der Waals surface area contributed by atoms with E-state index in [2.05, 4.69) is 0 Å². The Kier molecular flexibility index (Phi) is 5.03. The Morgan fingerprint density at radius 3 is 2.57 bits per heavy atom. The van der Waals surface area contributed by atoms with Gasteiger partial charge in [-0.25, -0.2) is 4.79 Å². The largest absolute Gasteiger partial charge is 0.480 e. The molecule has 0 heterocycles. The number of aliphatic hydroxyl groups is 1. The Morgan fingerprint density at radius 2 is 2.05 bits per heavy atom. The summed E-state index contributed by atoms with van der Waals surface area (Å²) in [5.41, 5.74) is 0.429. The van der Waals surface area contributed by atoms with Crippen LogP contribution in [0.25, 0.3) is 0 Å². The third kappa shape index (κ3) is 4.09. The molecule has 7 heteroatoms. The van der Waals surface area contributed by atoms with Crippen molar-refractivity contribution in [1.29, 1.82) is 0 Å². The van der Waals surface area contributed by atoms with E-state index in [1.165, 1.54) is 9.80 Å². The van der Waals surface area contributed by atoms with E-state index in [9.17, 15) is 9.59 Å². The summed E-state index contributed by atoms with van der Waals surface area (Å²) in [5.74, 6) is -1.11. The number of halogens is 1. The lowest BCUT2D eigenvalue weighted by Gasteiger charge is -2.29. The maximum absolute atomic E-state index is 12.6. The summed E-state index contributed by atoms with van der Waals surface area (Å²) in [7, 11) is 0. The predicted octanol–water partition coefficient (Wildman–Crippen LogP) is 1.81. The number of nitrogens with zero attached hydrogens (tertiary/aromatic N) is 2. The van der Waals surface area contributed by atoms with E-state index in [4.69, 9.17) is 21.8 Å². The van der Waals surface area contributed by atoms with E-state index in [0.29, 0.717) is 10.7 Å². The van der Waals surface area contributed by atoms with Gasteiger partial charge in [0.1, 0.15) is 6.54 Å². The van der Waals surface area contributed by atoms with Gasteiger partial charge >= 0.3 is 12.0 Å². The second-order valence-electron chi connectivity index (χ2n) is 4.89. The number of carbonyl (C=O) groups excluding carboxylic acids is 1. The van der Waals surface area contributed by atoms with Crippen molar-refractivity contribution in [3.63, 3.8) is 0 Å². The van der Waals surface area contributed by atoms with E-state index in [1.54, 1.807) is 24.3 Å². The molecule has 0 saturated heterocycles. The quantitative estimate of drug-likeness (QED) is 0.839. The maximum Gasteiger partial charge on any atom is 0.325 e. The van der Waals surface area contributed by atoms with E-state index < -0.39 is 18.5 Å². The number of carbonyl (C=O) groups is 2. The van der Waals surface area contributed by atoms with E-state index >= 15 is 0 Å². The predicted molar refractivity (Wildman–Crippen MR) is 78.6 cm³/mol. The summed E-state index contributed by atoms with van der Waals surface area (Å²) in [5, 5.41) is 18.6. The van der Waals surface area contributed by atoms with Crippen LogP contribution in [0.5, 0.6) is 0 Å². The molecule has 0 radical (unpaired) electrons. The number of anilines is 1. The van der Waals surface area contributed by atoms with Crippen molar-refractivity contribution in [1.82, 2.24) is 4.90 Å². The Labute approximate surface area is 127 Å². The number of benzene rings is 1. The third-order valence-electron chi connectivity index (χ3n) is 3.22. The molecule has 0 spiro atoms. The number of rotatable bonds is 6. The lowest BCUT2D eigenvalue weighted by Crippen LogP contribution is -2.47. The van der Waals surface area contributed by atoms with Gasteiger partial charge in [-0.1, -0.05) is 17.7 Å². The van der Waals surface area contributed by atoms with Crippen LogP contribution in [-0.2, 0) is 4.79 Å². The monoisotopic (exact) mass is 312 g/mol. The van der Waals surface area contributed by atoms with Crippen molar-refractivity contribution < 1.29 is 19.8 Å². The van der Waals surface area contributed by atoms with Gasteiger partial charge in [0.15, 0.2) is 0 Å². The number of aliphatic hydroxyl groups excluding tert-OH is 1. The standard InChI is InChI=1S/C14H17ClN2O4/c15-10-2-1-3-12(8-10)17(9-13(19)20)14(21)16(6-7-18)11-4-5-11/h1-3,8,11,18H,4-7,9H2,(H,19,20). The minimum atomic E-state index is -1.11. The van der Waals surface area contributed by atoms with Crippen LogP contribution in [-0.4, -0.2) is 52.9 Å². The number of urea groups is 1. The molecule has 1 fully saturated rings. The van der Waals surface area contributed by atoms with Crippen molar-refractivity contribution in [2.45, 2.75) is 18.9 Å². The fourth-order valence-electron chi connectivity index (χ4n) is 2.13. The van der Waals surface area contributed by atoms with Crippen molar-refractivity contribution in [2.75, 3.05) is 24.6 Å². The molecular weight excluding hydrogens is 296 g/mol. The fraction of sp³-hybridized carbons (Fsp3) is 0.429. The van der Waals surface area contributed by atoms with Crippen molar-refractivity contribution >= 4 is 29.3 Å². The molecule has 114 valence electrons. The van der Waals surface area contributed by atoms with Gasteiger partial charge in [-0.2, -0.15) is 0 Å². The first-order valence-corrected chi connectivity index (χ1v) is 7.07. The molecule has 0 aromatic heterocycles. The Balaban J connectivity index is 2.25. The van der Waals surface area contributed by atoms with Gasteiger partial charge in [-0.15, -0.1) is 0 Å². The molecule has 21 heavy (non-hydrogen) atoms. The minimum Gasteiger partial charge on any atom is -0.480 e. The smallest absolute Gasteiger partial charge is 0.325 e. The van der Waals surface area contributed by atoms with Gasteiger partial charge in [0.25, 0.3) is 0 Å². The second-order valence-corrected chi connectivity index (χ2v) is 5.33. The fourth-order valence-corrected chi connectivity index (χ4v) is 2.32. The average Bonchev–Trinajstić information content (AvgIpc) is 3.25. The lowest BCUT2D eigenvalue weighted by atomic mass is 10.3. The second kappa shape index (κ2) is 6.78. The molecule has 0 bridgehead atoms. The maximum atomic E-state index is 12.6. The molecule has 6 nitrogen and oxygen atoms in total. The van der Waals surface area contributed by atoms with Gasteiger partial charge in [0, 0.05) is 23.3 Å². The third-order valence-corrected chi connectivity index (χ3v) is 3.45. The molecule has 1 aromatic carbocycles. The highest BCUT2D eigenvalue weighted by atomic mass is 35.5. The van der Waals surface area contributed by atoms with Crippen molar-refractivity contribution in [3.05, 3.63) is 29.3 Å². The molecule has 1 aromatic rings. The molecule has 0 unspecified atom stereocenters. The summed E-state index contributed by atoms with van der Waals surface area (Å²) >= 11 is 5.91. The number of hydrogen-bond donors (Lipinski definition) is 2. The zero-order chi connectivity index (χ0) is 15.4. The van der Waals surface area contributed by atoms with Crippen LogP contribution in [0.1, 0.15) is 12.8 Å². The summed E-state index contributed by atoms with van der Waals surface area (Å²) in [6, 6.07) is 6.16. The lowest BCUT2D eigenvalue weighted by molar-refractivity contribution is -0.135. The highest BCUT2D eigenvalue weighted by Gasteiger charge is 2.35. The number of aliphatic carboxylic acids is 1. The summed E-state index contributed by atoms with van der Waals surface area (Å²) in [6.07, 6.45) is 1.75. The zero-order valence-corrected chi connectivity index (χ0v) is 12.2. The summed E-state index contributed by atoms with van der Waals surface area (Å²) < 4.78 is 0. The molecule has 0 atom stereocenters. The van der Waals surface area contributed by atoms with Crippen LogP contribution in [0, 0.1) is 0 Å². The van der Waals surface area contributed by atoms with Crippen LogP contribution >= 0.6 is 11.6 Å². The van der Waals surface area contributed by atoms with E-state index in [0.717, 1.165) is 12.8 Å². The van der Waals surface area contributed by atoms with Crippen LogP contribution in [0.15, 0.2) is 24.3 Å². The van der Waals surface area contributed by atoms with E-state index in [-0.39, 0.29) is 19.2 Å². The topological polar surface area (TPSA) is 81.1 Å². The van der Waals surface area contributed by atoms with Crippen LogP contribution < -0.4 is 4.90 Å². The molecule has 2 N–H and O–H groups in total. The number of carboxylic acid groups (broad SMARTS) is 1. The van der Waals surface area contributed by atoms with Gasteiger partial charge < -0.3 is 15.1 Å². The molecule has 2 rings (SSSR count). The van der Waals surface area contributed by atoms with Gasteiger partial charge in [0.2, 0.25) is 0 Å². The molecule has 1 aliphatic carbocycles. The Morgan fingerprint density at radius 1 is 1.33 bits per heavy atom. The molecule has 2 amide bonds. The van der Waals surface area contributed by atoms with Crippen molar-refractivity contribution in [2.24, 2.45) is 0 Å². The number of carboxylic acids is 1. The molecule has 1 saturated carbocycles. The van der Waals surface area contributed by atoms with Crippen LogP contribution in [0.2, 0.25) is 5.02 Å². The Bertz CT molecular complexity index is 533. The summed E-state index contributed by atoms with van der Waals surface area (Å²) in [6.45, 7) is -0.410. The summed E-state index contributed by atoms with van der Waals surface area (Å²) in [4.78, 5) is 26.3. The molecular formula is C14H17ClN2O4. The van der Waals surface area contributed by atoms with Gasteiger partial charge in [-0.05, 0) is 31.0 Å². The first-order chi connectivity index (χ1) is 10.0. The van der Waals surface area contributed by atoms with Gasteiger partial charge in [-0.3, -0.25) is 9.69 Å². The number of hydrogen-bond acceptors (Lipinski definition) is 3. The minimum absolute atomic E-state index is 0.0835. The van der Waals surface area contributed by atoms with Gasteiger partial charge in [0.05, 0.1) is 6.61 Å². The Hall–Kier alpha value is -1.79. The van der Waals surface area contributed by atoms with Crippen LogP contribution in [0.3, 0.4) is 0 Å². The number of amides is 2. The molecule has 0 aliphatic heterocycles. The first-order valence-electron chi connectivity index (χ1n) is 6.69. The first kappa shape index (κ1) is 15.6. The highest BCUT2D eigenvalue weighted by molar-refractivity contribution is 6.30. The van der Waals surface area contributed by atoms with Crippen molar-refractivity contribution in [3.8, 4) is 0 Å².